The first-order valence-corrected chi connectivity index (χ1v) is 7.52. The summed E-state index contributed by atoms with van der Waals surface area (Å²) in [5.74, 6) is 3.16. The molecule has 0 aliphatic carbocycles. The minimum atomic E-state index is -0.0840. The maximum atomic E-state index is 4.48. The van der Waals surface area contributed by atoms with E-state index in [0.29, 0.717) is 11.8 Å². The Morgan fingerprint density at radius 2 is 1.65 bits per heavy atom. The van der Waals surface area contributed by atoms with Gasteiger partial charge in [-0.05, 0) is 24.7 Å². The molecule has 0 fully saturated rings. The van der Waals surface area contributed by atoms with E-state index in [4.69, 9.17) is 0 Å². The van der Waals surface area contributed by atoms with Gasteiger partial charge in [-0.15, -0.1) is 0 Å². The molecule has 0 amide bonds. The first kappa shape index (κ1) is 14.9. The molecule has 2 aliphatic heterocycles. The molecule has 1 unspecified atom stereocenters. The van der Waals surface area contributed by atoms with Gasteiger partial charge in [0.15, 0.2) is 11.9 Å². The summed E-state index contributed by atoms with van der Waals surface area (Å²) in [4.78, 5) is 19.7. The molecule has 2 heterocycles. The van der Waals surface area contributed by atoms with Crippen LogP contribution in [0.5, 0.6) is 0 Å². The van der Waals surface area contributed by atoms with Crippen molar-refractivity contribution in [3.63, 3.8) is 0 Å². The van der Waals surface area contributed by atoms with Crippen LogP contribution in [0.25, 0.3) is 0 Å². The van der Waals surface area contributed by atoms with Gasteiger partial charge in [-0.25, -0.2) is 15.0 Å². The van der Waals surface area contributed by atoms with Crippen LogP contribution in [-0.4, -0.2) is 48.4 Å². The van der Waals surface area contributed by atoms with Crippen LogP contribution in [0.1, 0.15) is 40.5 Å². The standard InChI is InChI=1S/C15H25N5/c1-11(2)5-7-20(8-6-12(3)4)15-13-14(17-9-16-13)18-10-19-15/h9-13H,5-8H2,1-4H3. The summed E-state index contributed by atoms with van der Waals surface area (Å²) < 4.78 is 0. The fraction of sp³-hybridized carbons (Fsp3) is 0.733. The zero-order valence-electron chi connectivity index (χ0n) is 13.0. The Morgan fingerprint density at radius 1 is 1.00 bits per heavy atom. The number of aliphatic imine (C=N–C) groups is 4. The second-order valence-electron chi connectivity index (χ2n) is 6.24. The second kappa shape index (κ2) is 6.77. The summed E-state index contributed by atoms with van der Waals surface area (Å²) in [5, 5.41) is 0. The Bertz CT molecular complexity index is 433. The van der Waals surface area contributed by atoms with Gasteiger partial charge < -0.3 is 4.90 Å². The van der Waals surface area contributed by atoms with E-state index in [1.807, 2.05) is 0 Å². The maximum absolute atomic E-state index is 4.48. The summed E-state index contributed by atoms with van der Waals surface area (Å²) in [6.07, 6.45) is 5.53. The zero-order chi connectivity index (χ0) is 14.5. The number of nitrogens with zero attached hydrogens (tertiary/aromatic N) is 5. The lowest BCUT2D eigenvalue weighted by atomic mass is 10.1. The summed E-state index contributed by atoms with van der Waals surface area (Å²) >= 11 is 0. The molecule has 20 heavy (non-hydrogen) atoms. The quantitative estimate of drug-likeness (QED) is 0.735. The fourth-order valence-corrected chi connectivity index (χ4v) is 2.22. The molecule has 0 spiro atoms. The zero-order valence-corrected chi connectivity index (χ0v) is 13.0. The van der Waals surface area contributed by atoms with E-state index in [9.17, 15) is 0 Å². The Hall–Kier alpha value is -1.52. The van der Waals surface area contributed by atoms with Crippen LogP contribution in [0, 0.1) is 11.8 Å². The number of hydrogen-bond acceptors (Lipinski definition) is 5. The van der Waals surface area contributed by atoms with E-state index in [1.54, 1.807) is 12.7 Å². The van der Waals surface area contributed by atoms with Crippen molar-refractivity contribution in [3.8, 4) is 0 Å². The molecular formula is C15H25N5. The Labute approximate surface area is 121 Å². The van der Waals surface area contributed by atoms with Crippen LogP contribution in [-0.2, 0) is 0 Å². The minimum absolute atomic E-state index is 0.0840. The fourth-order valence-electron chi connectivity index (χ4n) is 2.22. The number of hydrogen-bond donors (Lipinski definition) is 0. The highest BCUT2D eigenvalue weighted by Gasteiger charge is 2.30. The van der Waals surface area contributed by atoms with Crippen LogP contribution in [0.3, 0.4) is 0 Å². The third-order valence-corrected chi connectivity index (χ3v) is 3.55. The molecule has 0 aromatic carbocycles. The van der Waals surface area contributed by atoms with Crippen molar-refractivity contribution < 1.29 is 0 Å². The Morgan fingerprint density at radius 3 is 2.25 bits per heavy atom. The van der Waals surface area contributed by atoms with Crippen molar-refractivity contribution in [1.29, 1.82) is 0 Å². The summed E-state index contributed by atoms with van der Waals surface area (Å²) in [5.41, 5.74) is 0. The van der Waals surface area contributed by atoms with Crippen LogP contribution in [0.4, 0.5) is 0 Å². The summed E-state index contributed by atoms with van der Waals surface area (Å²) in [6.45, 7) is 11.1. The van der Waals surface area contributed by atoms with Crippen molar-refractivity contribution in [2.75, 3.05) is 13.1 Å². The highest BCUT2D eigenvalue weighted by Crippen LogP contribution is 2.15. The van der Waals surface area contributed by atoms with Crippen LogP contribution >= 0.6 is 0 Å². The van der Waals surface area contributed by atoms with Gasteiger partial charge >= 0.3 is 0 Å². The van der Waals surface area contributed by atoms with Crippen molar-refractivity contribution in [1.82, 2.24) is 4.90 Å². The predicted molar refractivity (Wildman–Crippen MR) is 86.1 cm³/mol. The minimum Gasteiger partial charge on any atom is -0.358 e. The largest absolute Gasteiger partial charge is 0.358 e. The molecule has 2 aliphatic rings. The Kier molecular flexibility index (Phi) is 5.04. The van der Waals surface area contributed by atoms with Gasteiger partial charge in [-0.3, -0.25) is 4.99 Å². The van der Waals surface area contributed by atoms with E-state index >= 15 is 0 Å². The topological polar surface area (TPSA) is 52.7 Å². The molecule has 5 heteroatoms. The summed E-state index contributed by atoms with van der Waals surface area (Å²) in [7, 11) is 0. The first-order valence-electron chi connectivity index (χ1n) is 7.52. The molecule has 110 valence electrons. The Balaban J connectivity index is 2.08. The van der Waals surface area contributed by atoms with Crippen LogP contribution in [0.2, 0.25) is 0 Å². The van der Waals surface area contributed by atoms with Crippen LogP contribution in [0.15, 0.2) is 20.0 Å². The number of amidine groups is 2. The summed E-state index contributed by atoms with van der Waals surface area (Å²) in [6, 6.07) is -0.0840. The highest BCUT2D eigenvalue weighted by molar-refractivity contribution is 6.19. The van der Waals surface area contributed by atoms with E-state index in [1.165, 1.54) is 0 Å². The van der Waals surface area contributed by atoms with Crippen molar-refractivity contribution in [3.05, 3.63) is 0 Å². The molecule has 0 N–H and O–H groups in total. The lowest BCUT2D eigenvalue weighted by Crippen LogP contribution is -2.44. The van der Waals surface area contributed by atoms with E-state index < -0.39 is 0 Å². The van der Waals surface area contributed by atoms with Crippen LogP contribution < -0.4 is 0 Å². The van der Waals surface area contributed by atoms with E-state index in [-0.39, 0.29) is 6.04 Å². The molecule has 0 saturated heterocycles. The maximum Gasteiger partial charge on any atom is 0.169 e. The van der Waals surface area contributed by atoms with E-state index in [0.717, 1.165) is 37.6 Å². The molecule has 0 saturated carbocycles. The molecule has 0 aromatic heterocycles. The van der Waals surface area contributed by atoms with Gasteiger partial charge in [0.2, 0.25) is 0 Å². The molecule has 0 radical (unpaired) electrons. The average molecular weight is 275 g/mol. The third-order valence-electron chi connectivity index (χ3n) is 3.55. The lowest BCUT2D eigenvalue weighted by molar-refractivity contribution is 0.349. The molecule has 5 nitrogen and oxygen atoms in total. The van der Waals surface area contributed by atoms with Gasteiger partial charge in [-0.2, -0.15) is 0 Å². The van der Waals surface area contributed by atoms with Gasteiger partial charge in [0.05, 0.1) is 0 Å². The monoisotopic (exact) mass is 275 g/mol. The van der Waals surface area contributed by atoms with Gasteiger partial charge in [0, 0.05) is 13.1 Å². The molecule has 0 aromatic rings. The molecular weight excluding hydrogens is 250 g/mol. The SMILES string of the molecule is CC(C)CCN(CCC(C)C)C1=NC=NC2=NC=NC21. The van der Waals surface area contributed by atoms with Crippen molar-refractivity contribution >= 4 is 24.3 Å². The number of rotatable bonds is 6. The highest BCUT2D eigenvalue weighted by atomic mass is 15.3. The molecule has 0 bridgehead atoms. The first-order chi connectivity index (χ1) is 9.58. The average Bonchev–Trinajstić information content (AvgIpc) is 2.86. The third kappa shape index (κ3) is 3.74. The van der Waals surface area contributed by atoms with Gasteiger partial charge in [0.25, 0.3) is 0 Å². The number of fused-ring (bicyclic) bond motifs is 1. The van der Waals surface area contributed by atoms with Gasteiger partial charge in [-0.1, -0.05) is 27.7 Å². The molecule has 2 rings (SSSR count). The normalized spacial score (nSPS) is 20.4. The van der Waals surface area contributed by atoms with E-state index in [2.05, 4.69) is 52.6 Å². The molecule has 1 atom stereocenters. The smallest absolute Gasteiger partial charge is 0.169 e. The van der Waals surface area contributed by atoms with Gasteiger partial charge in [0.1, 0.15) is 18.5 Å². The lowest BCUT2D eigenvalue weighted by Gasteiger charge is -2.30. The van der Waals surface area contributed by atoms with Crippen molar-refractivity contribution in [2.45, 2.75) is 46.6 Å². The predicted octanol–water partition coefficient (Wildman–Crippen LogP) is 2.63. The second-order valence-corrected chi connectivity index (χ2v) is 6.24. The van der Waals surface area contributed by atoms with Crippen molar-refractivity contribution in [2.24, 2.45) is 31.8 Å².